The first-order valence-electron chi connectivity index (χ1n) is 7.55. The second-order valence-electron chi connectivity index (χ2n) is 5.62. The zero-order chi connectivity index (χ0) is 18.3. The molecule has 2 unspecified atom stereocenters. The third-order valence-electron chi connectivity index (χ3n) is 3.58. The highest BCUT2D eigenvalue weighted by Crippen LogP contribution is 2.09. The number of nitrogens with zero attached hydrogens (tertiary/aromatic N) is 2. The predicted octanol–water partition coefficient (Wildman–Crippen LogP) is -2.37. The highest BCUT2D eigenvalue weighted by atomic mass is 35.5. The molecule has 1 aliphatic rings. The van der Waals surface area contributed by atoms with Gasteiger partial charge in [-0.1, -0.05) is 0 Å². The zero-order valence-electron chi connectivity index (χ0n) is 14.4. The van der Waals surface area contributed by atoms with Crippen molar-refractivity contribution in [2.75, 3.05) is 20.1 Å². The van der Waals surface area contributed by atoms with Crippen LogP contribution in [0.1, 0.15) is 19.3 Å². The maximum Gasteiger partial charge on any atom is 0.318 e. The first kappa shape index (κ1) is 26.6. The van der Waals surface area contributed by atoms with Gasteiger partial charge < -0.3 is 27.2 Å². The highest BCUT2D eigenvalue weighted by Gasteiger charge is 2.31. The fourth-order valence-electron chi connectivity index (χ4n) is 2.27. The Hall–Kier alpha value is -1.66. The van der Waals surface area contributed by atoms with E-state index in [2.05, 4.69) is 15.6 Å². The van der Waals surface area contributed by atoms with Crippen LogP contribution in [-0.4, -0.2) is 72.1 Å². The van der Waals surface area contributed by atoms with Gasteiger partial charge in [0.25, 0.3) is 5.91 Å². The molecule has 9 N–H and O–H groups in total. The first-order chi connectivity index (χ1) is 11.2. The molecular formula is C13H27Cl2N7O4. The number of rotatable bonds is 7. The minimum Gasteiger partial charge on any atom is -0.393 e. The Morgan fingerprint density at radius 2 is 2.08 bits per heavy atom. The van der Waals surface area contributed by atoms with Crippen LogP contribution in [0.3, 0.4) is 0 Å². The number of hydrogen-bond donors (Lipinski definition) is 6. The maximum absolute atomic E-state index is 12.2. The smallest absolute Gasteiger partial charge is 0.318 e. The SMILES string of the molecule is CN(C(=O)C[C@@H](N)CC(O)CCN)C1CN=C(NC(N)=O)NC1=O.Cl.Cl. The van der Waals surface area contributed by atoms with Gasteiger partial charge in [0.05, 0.1) is 12.6 Å². The zero-order valence-corrected chi connectivity index (χ0v) is 16.0. The van der Waals surface area contributed by atoms with E-state index in [1.165, 1.54) is 11.9 Å². The average molecular weight is 416 g/mol. The van der Waals surface area contributed by atoms with E-state index in [1.54, 1.807) is 0 Å². The summed E-state index contributed by atoms with van der Waals surface area (Å²) in [5, 5.41) is 14.2. The Balaban J connectivity index is 0. The topological polar surface area (TPSA) is 189 Å². The van der Waals surface area contributed by atoms with E-state index in [-0.39, 0.29) is 56.1 Å². The van der Waals surface area contributed by atoms with Gasteiger partial charge in [-0.2, -0.15) is 0 Å². The monoisotopic (exact) mass is 415 g/mol. The van der Waals surface area contributed by atoms with E-state index in [1.807, 2.05) is 0 Å². The lowest BCUT2D eigenvalue weighted by atomic mass is 10.0. The summed E-state index contributed by atoms with van der Waals surface area (Å²) in [6.07, 6.45) is -0.0167. The van der Waals surface area contributed by atoms with E-state index in [0.29, 0.717) is 13.0 Å². The Bertz CT molecular complexity index is 521. The number of carbonyl (C=O) groups excluding carboxylic acids is 3. The molecule has 1 rings (SSSR count). The fraction of sp³-hybridized carbons (Fsp3) is 0.692. The standard InChI is InChI=1S/C13H25N7O4.2ClH/c1-20(10(22)5-7(15)4-8(21)2-3-14)9-6-17-13(18-11(9)23)19-12(16)24;;/h7-9,21H,2-6,14-15H2,1H3,(H4,16,17,18,19,23,24);2*1H/t7-,8?,9?;;/m0../s1. The van der Waals surface area contributed by atoms with Gasteiger partial charge >= 0.3 is 6.03 Å². The number of aliphatic hydroxyl groups is 1. The van der Waals surface area contributed by atoms with E-state index >= 15 is 0 Å². The van der Waals surface area contributed by atoms with Crippen LogP contribution in [0.25, 0.3) is 0 Å². The molecule has 0 aliphatic carbocycles. The Labute approximate surface area is 163 Å². The van der Waals surface area contributed by atoms with Crippen molar-refractivity contribution in [3.8, 4) is 0 Å². The molecule has 3 atom stereocenters. The number of aliphatic hydroxyl groups excluding tert-OH is 1. The third kappa shape index (κ3) is 8.63. The number of hydrogen-bond acceptors (Lipinski definition) is 7. The van der Waals surface area contributed by atoms with Crippen molar-refractivity contribution in [3.63, 3.8) is 0 Å². The molecule has 0 aromatic carbocycles. The molecule has 1 aliphatic heterocycles. The number of aliphatic imine (C=N–C) groups is 1. The van der Waals surface area contributed by atoms with Gasteiger partial charge in [-0.3, -0.25) is 20.2 Å². The molecule has 0 saturated carbocycles. The van der Waals surface area contributed by atoms with Gasteiger partial charge in [0.15, 0.2) is 0 Å². The van der Waals surface area contributed by atoms with Crippen molar-refractivity contribution in [3.05, 3.63) is 0 Å². The molecule has 152 valence electrons. The Morgan fingerprint density at radius 1 is 1.46 bits per heavy atom. The average Bonchev–Trinajstić information content (AvgIpc) is 2.45. The van der Waals surface area contributed by atoms with Gasteiger partial charge in [0.2, 0.25) is 11.9 Å². The summed E-state index contributed by atoms with van der Waals surface area (Å²) in [7, 11) is 1.47. The minimum absolute atomic E-state index is 0. The number of nitrogens with two attached hydrogens (primary N) is 3. The number of guanidine groups is 1. The predicted molar refractivity (Wildman–Crippen MR) is 101 cm³/mol. The van der Waals surface area contributed by atoms with E-state index < -0.39 is 30.1 Å². The molecule has 1 heterocycles. The molecule has 11 nitrogen and oxygen atoms in total. The number of amides is 4. The van der Waals surface area contributed by atoms with Crippen LogP contribution in [0, 0.1) is 0 Å². The molecule has 0 radical (unpaired) electrons. The molecule has 0 aromatic rings. The summed E-state index contributed by atoms with van der Waals surface area (Å²) in [6.45, 7) is 0.332. The molecule has 13 heteroatoms. The molecule has 0 saturated heterocycles. The summed E-state index contributed by atoms with van der Waals surface area (Å²) in [5.41, 5.74) is 16.1. The van der Waals surface area contributed by atoms with E-state index in [0.717, 1.165) is 0 Å². The third-order valence-corrected chi connectivity index (χ3v) is 3.58. The Morgan fingerprint density at radius 3 is 2.58 bits per heavy atom. The van der Waals surface area contributed by atoms with E-state index in [4.69, 9.17) is 17.2 Å². The lowest BCUT2D eigenvalue weighted by Gasteiger charge is -2.30. The van der Waals surface area contributed by atoms with Crippen LogP contribution in [0.5, 0.6) is 0 Å². The normalized spacial score (nSPS) is 18.2. The van der Waals surface area contributed by atoms with Crippen molar-refractivity contribution in [2.45, 2.75) is 37.5 Å². The summed E-state index contributed by atoms with van der Waals surface area (Å²) in [6, 6.07) is -2.19. The number of nitrogens with one attached hydrogen (secondary N) is 2. The van der Waals surface area contributed by atoms with Crippen molar-refractivity contribution in [1.82, 2.24) is 15.5 Å². The van der Waals surface area contributed by atoms with E-state index in [9.17, 15) is 19.5 Å². The van der Waals surface area contributed by atoms with Crippen molar-refractivity contribution in [2.24, 2.45) is 22.2 Å². The molecule has 0 fully saturated rings. The van der Waals surface area contributed by atoms with Crippen LogP contribution in [0.15, 0.2) is 4.99 Å². The molecule has 0 aromatic heterocycles. The van der Waals surface area contributed by atoms with Crippen LogP contribution in [-0.2, 0) is 9.59 Å². The number of halogens is 2. The second kappa shape index (κ2) is 12.7. The number of primary amides is 1. The molecule has 0 spiro atoms. The summed E-state index contributed by atoms with van der Waals surface area (Å²) >= 11 is 0. The molecule has 4 amide bonds. The molecule has 0 bridgehead atoms. The van der Waals surface area contributed by atoms with Crippen LogP contribution in [0.4, 0.5) is 4.79 Å². The summed E-state index contributed by atoms with van der Waals surface area (Å²) < 4.78 is 0. The second-order valence-corrected chi connectivity index (χ2v) is 5.62. The lowest BCUT2D eigenvalue weighted by Crippen LogP contribution is -2.58. The van der Waals surface area contributed by atoms with Crippen molar-refractivity contribution in [1.29, 1.82) is 0 Å². The first-order valence-corrected chi connectivity index (χ1v) is 7.55. The van der Waals surface area contributed by atoms with Gasteiger partial charge in [-0.25, -0.2) is 9.79 Å². The lowest BCUT2D eigenvalue weighted by molar-refractivity contribution is -0.138. The minimum atomic E-state index is -0.848. The van der Waals surface area contributed by atoms with Gasteiger partial charge in [0.1, 0.15) is 6.04 Å². The maximum atomic E-state index is 12.2. The van der Waals surface area contributed by atoms with Crippen molar-refractivity contribution < 1.29 is 19.5 Å². The highest BCUT2D eigenvalue weighted by molar-refractivity contribution is 6.07. The molecular weight excluding hydrogens is 389 g/mol. The number of urea groups is 1. The number of carbonyl (C=O) groups is 3. The summed E-state index contributed by atoms with van der Waals surface area (Å²) in [4.78, 5) is 40.2. The Kier molecular flexibility index (Phi) is 12.9. The largest absolute Gasteiger partial charge is 0.393 e. The van der Waals surface area contributed by atoms with Crippen LogP contribution < -0.4 is 27.8 Å². The molecule has 26 heavy (non-hydrogen) atoms. The quantitative estimate of drug-likeness (QED) is 0.269. The van der Waals surface area contributed by atoms with Crippen molar-refractivity contribution >= 4 is 48.6 Å². The van der Waals surface area contributed by atoms with Crippen LogP contribution >= 0.6 is 24.8 Å². The van der Waals surface area contributed by atoms with Gasteiger partial charge in [-0.15, -0.1) is 24.8 Å². The summed E-state index contributed by atoms with van der Waals surface area (Å²) in [5.74, 6) is -0.878. The fourth-order valence-corrected chi connectivity index (χ4v) is 2.27. The van der Waals surface area contributed by atoms with Crippen LogP contribution in [0.2, 0.25) is 0 Å². The van der Waals surface area contributed by atoms with Gasteiger partial charge in [0, 0.05) is 19.5 Å². The van der Waals surface area contributed by atoms with Gasteiger partial charge in [-0.05, 0) is 19.4 Å². The number of likely N-dealkylation sites (N-methyl/N-ethyl adjacent to an activating group) is 1.